The smallest absolute Gasteiger partial charge is 0.238 e. The van der Waals surface area contributed by atoms with Crippen LogP contribution >= 0.6 is 24.2 Å². The molecule has 25 heavy (non-hydrogen) atoms. The number of thioether (sulfide) groups is 1. The lowest BCUT2D eigenvalue weighted by Crippen LogP contribution is -2.54. The van der Waals surface area contributed by atoms with Crippen LogP contribution in [0.3, 0.4) is 0 Å². The molecule has 9 heteroatoms. The maximum Gasteiger partial charge on any atom is 0.238 e. The van der Waals surface area contributed by atoms with Crippen LogP contribution in [0.5, 0.6) is 0 Å². The first kappa shape index (κ1) is 21.8. The van der Waals surface area contributed by atoms with E-state index >= 15 is 0 Å². The second-order valence-corrected chi connectivity index (χ2v) is 8.29. The van der Waals surface area contributed by atoms with Gasteiger partial charge in [0.2, 0.25) is 11.8 Å². The van der Waals surface area contributed by atoms with E-state index in [9.17, 15) is 9.59 Å². The van der Waals surface area contributed by atoms with Gasteiger partial charge in [-0.25, -0.2) is 0 Å². The predicted molar refractivity (Wildman–Crippen MR) is 102 cm³/mol. The maximum absolute atomic E-state index is 12.4. The third kappa shape index (κ3) is 5.90. The van der Waals surface area contributed by atoms with Gasteiger partial charge in [0, 0.05) is 25.2 Å². The molecular formula is C16H27ClN4O3S. The van der Waals surface area contributed by atoms with Crippen LogP contribution in [0.25, 0.3) is 0 Å². The molecule has 2 amide bonds. The van der Waals surface area contributed by atoms with Crippen LogP contribution in [-0.4, -0.2) is 52.0 Å². The highest BCUT2D eigenvalue weighted by Gasteiger charge is 2.35. The highest BCUT2D eigenvalue weighted by Crippen LogP contribution is 2.28. The van der Waals surface area contributed by atoms with Gasteiger partial charge in [-0.1, -0.05) is 19.0 Å². The lowest BCUT2D eigenvalue weighted by atomic mass is 9.80. The maximum atomic E-state index is 12.4. The standard InChI is InChI=1S/C16H26N4O3S.ClH/c1-10-7-13(19-23-10)18-15(22)11(2)24-8-14(21)20-6-5-12(17)16(3,4)9-20;/h7,11-12H,5-6,8-9,17H2,1-4H3,(H,18,19,22);1H. The van der Waals surface area contributed by atoms with Gasteiger partial charge >= 0.3 is 0 Å². The Kier molecular flexibility index (Phi) is 7.77. The van der Waals surface area contributed by atoms with Crippen molar-refractivity contribution in [3.8, 4) is 0 Å². The molecule has 2 rings (SSSR count). The van der Waals surface area contributed by atoms with Gasteiger partial charge in [-0.05, 0) is 25.7 Å². The molecule has 1 aromatic heterocycles. The number of amides is 2. The van der Waals surface area contributed by atoms with Gasteiger partial charge < -0.3 is 20.5 Å². The summed E-state index contributed by atoms with van der Waals surface area (Å²) in [7, 11) is 0. The molecule has 1 aliphatic rings. The Morgan fingerprint density at radius 2 is 2.24 bits per heavy atom. The van der Waals surface area contributed by atoms with Crippen LogP contribution in [-0.2, 0) is 9.59 Å². The van der Waals surface area contributed by atoms with E-state index in [1.807, 2.05) is 4.90 Å². The molecule has 0 saturated carbocycles. The summed E-state index contributed by atoms with van der Waals surface area (Å²) < 4.78 is 4.91. The Hall–Kier alpha value is -1.25. The van der Waals surface area contributed by atoms with Gasteiger partial charge in [0.05, 0.1) is 11.0 Å². The van der Waals surface area contributed by atoms with Gasteiger partial charge in [-0.2, -0.15) is 0 Å². The summed E-state index contributed by atoms with van der Waals surface area (Å²) >= 11 is 1.32. The summed E-state index contributed by atoms with van der Waals surface area (Å²) in [6, 6.07) is 1.77. The van der Waals surface area contributed by atoms with Gasteiger partial charge in [-0.15, -0.1) is 24.2 Å². The number of nitrogens with one attached hydrogen (secondary N) is 1. The largest absolute Gasteiger partial charge is 0.360 e. The van der Waals surface area contributed by atoms with E-state index in [1.165, 1.54) is 11.8 Å². The lowest BCUT2D eigenvalue weighted by molar-refractivity contribution is -0.131. The van der Waals surface area contributed by atoms with Crippen LogP contribution in [0.15, 0.2) is 10.6 Å². The van der Waals surface area contributed by atoms with E-state index in [2.05, 4.69) is 24.3 Å². The number of halogens is 1. The number of aromatic nitrogens is 1. The Morgan fingerprint density at radius 1 is 1.56 bits per heavy atom. The predicted octanol–water partition coefficient (Wildman–Crippen LogP) is 2.05. The van der Waals surface area contributed by atoms with Crippen molar-refractivity contribution in [1.29, 1.82) is 0 Å². The number of aryl methyl sites for hydroxylation is 1. The molecule has 2 heterocycles. The van der Waals surface area contributed by atoms with Crippen molar-refractivity contribution in [1.82, 2.24) is 10.1 Å². The Morgan fingerprint density at radius 3 is 2.80 bits per heavy atom. The van der Waals surface area contributed by atoms with E-state index < -0.39 is 0 Å². The zero-order chi connectivity index (χ0) is 17.9. The Labute approximate surface area is 158 Å². The van der Waals surface area contributed by atoms with Crippen molar-refractivity contribution in [3.05, 3.63) is 11.8 Å². The van der Waals surface area contributed by atoms with Crippen molar-refractivity contribution >= 4 is 41.8 Å². The van der Waals surface area contributed by atoms with Gasteiger partial charge in [0.25, 0.3) is 0 Å². The summed E-state index contributed by atoms with van der Waals surface area (Å²) in [6.07, 6.45) is 0.810. The number of nitrogens with zero attached hydrogens (tertiary/aromatic N) is 2. The lowest BCUT2D eigenvalue weighted by Gasteiger charge is -2.42. The summed E-state index contributed by atoms with van der Waals surface area (Å²) in [5.74, 6) is 1.16. The SMILES string of the molecule is Cc1cc(NC(=O)C(C)SCC(=O)N2CCC(N)C(C)(C)C2)no1.Cl. The molecule has 2 unspecified atom stereocenters. The number of carbonyl (C=O) groups excluding carboxylic acids is 2. The second kappa shape index (κ2) is 8.91. The molecule has 2 atom stereocenters. The molecule has 0 aromatic carbocycles. The van der Waals surface area contributed by atoms with E-state index in [-0.39, 0.29) is 46.7 Å². The first-order valence-electron chi connectivity index (χ1n) is 8.08. The molecule has 3 N–H and O–H groups in total. The minimum Gasteiger partial charge on any atom is -0.360 e. The van der Waals surface area contributed by atoms with Crippen molar-refractivity contribution in [2.45, 2.75) is 45.4 Å². The van der Waals surface area contributed by atoms with E-state index in [1.54, 1.807) is 19.9 Å². The number of nitrogens with two attached hydrogens (primary N) is 1. The van der Waals surface area contributed by atoms with Crippen molar-refractivity contribution in [3.63, 3.8) is 0 Å². The average molecular weight is 391 g/mol. The number of carbonyl (C=O) groups is 2. The van der Waals surface area contributed by atoms with Crippen LogP contribution in [0.4, 0.5) is 5.82 Å². The van der Waals surface area contributed by atoms with Crippen LogP contribution in [0.2, 0.25) is 0 Å². The van der Waals surface area contributed by atoms with Gasteiger partial charge in [-0.3, -0.25) is 9.59 Å². The number of piperidine rings is 1. The molecule has 1 fully saturated rings. The van der Waals surface area contributed by atoms with Gasteiger partial charge in [0.1, 0.15) is 5.76 Å². The highest BCUT2D eigenvalue weighted by atomic mass is 35.5. The first-order valence-corrected chi connectivity index (χ1v) is 9.13. The minimum atomic E-state index is -0.356. The average Bonchev–Trinajstić information content (AvgIpc) is 2.92. The molecular weight excluding hydrogens is 364 g/mol. The van der Waals surface area contributed by atoms with Crippen molar-refractivity contribution in [2.75, 3.05) is 24.2 Å². The van der Waals surface area contributed by atoms with Crippen LogP contribution in [0, 0.1) is 12.3 Å². The summed E-state index contributed by atoms with van der Waals surface area (Å²) in [5.41, 5.74) is 6.03. The molecule has 142 valence electrons. The fourth-order valence-electron chi connectivity index (χ4n) is 2.60. The zero-order valence-corrected chi connectivity index (χ0v) is 16.7. The number of likely N-dealkylation sites (tertiary alicyclic amines) is 1. The Balaban J connectivity index is 0.00000312. The van der Waals surface area contributed by atoms with Crippen LogP contribution < -0.4 is 11.1 Å². The topological polar surface area (TPSA) is 101 Å². The van der Waals surface area contributed by atoms with Gasteiger partial charge in [0.15, 0.2) is 5.82 Å². The van der Waals surface area contributed by atoms with E-state index in [0.29, 0.717) is 24.7 Å². The third-order valence-electron chi connectivity index (χ3n) is 4.37. The number of anilines is 1. The molecule has 0 radical (unpaired) electrons. The number of hydrogen-bond donors (Lipinski definition) is 2. The summed E-state index contributed by atoms with van der Waals surface area (Å²) in [4.78, 5) is 26.3. The molecule has 1 aromatic rings. The highest BCUT2D eigenvalue weighted by molar-refractivity contribution is 8.01. The number of rotatable bonds is 5. The molecule has 0 spiro atoms. The zero-order valence-electron chi connectivity index (χ0n) is 15.1. The number of hydrogen-bond acceptors (Lipinski definition) is 6. The Bertz CT molecular complexity index is 608. The molecule has 1 aliphatic heterocycles. The second-order valence-electron chi connectivity index (χ2n) is 6.96. The van der Waals surface area contributed by atoms with Crippen LogP contribution in [0.1, 0.15) is 33.0 Å². The minimum absolute atomic E-state index is 0. The fourth-order valence-corrected chi connectivity index (χ4v) is 3.39. The third-order valence-corrected chi connectivity index (χ3v) is 5.50. The molecule has 1 saturated heterocycles. The fraction of sp³-hybridized carbons (Fsp3) is 0.688. The quantitative estimate of drug-likeness (QED) is 0.797. The summed E-state index contributed by atoms with van der Waals surface area (Å²) in [6.45, 7) is 9.04. The normalized spacial score (nSPS) is 20.5. The van der Waals surface area contributed by atoms with Crippen molar-refractivity contribution < 1.29 is 14.1 Å². The van der Waals surface area contributed by atoms with Crippen molar-refractivity contribution in [2.24, 2.45) is 11.1 Å². The molecule has 7 nitrogen and oxygen atoms in total. The molecule has 0 aliphatic carbocycles. The summed E-state index contributed by atoms with van der Waals surface area (Å²) in [5, 5.41) is 6.05. The monoisotopic (exact) mass is 390 g/mol. The molecule has 0 bridgehead atoms. The first-order chi connectivity index (χ1) is 11.2. The van der Waals surface area contributed by atoms with E-state index in [4.69, 9.17) is 10.3 Å². The van der Waals surface area contributed by atoms with E-state index in [0.717, 1.165) is 6.42 Å².